The zero-order valence-corrected chi connectivity index (χ0v) is 15.9. The fourth-order valence-electron chi connectivity index (χ4n) is 3.50. The monoisotopic (exact) mass is 424 g/mol. The van der Waals surface area contributed by atoms with Crippen LogP contribution in [0.5, 0.6) is 5.75 Å². The Hall–Kier alpha value is -3.10. The molecule has 2 amide bonds. The number of benzene rings is 2. The number of halogens is 4. The molecule has 1 aliphatic rings. The number of hydrogen-bond donors (Lipinski definition) is 1. The number of ether oxygens (including phenoxy) is 1. The van der Waals surface area contributed by atoms with Crippen LogP contribution in [0.4, 0.5) is 17.6 Å². The fourth-order valence-corrected chi connectivity index (χ4v) is 3.50. The van der Waals surface area contributed by atoms with E-state index >= 15 is 0 Å². The first-order chi connectivity index (χ1) is 14.1. The van der Waals surface area contributed by atoms with Gasteiger partial charge in [0.05, 0.1) is 5.56 Å². The lowest BCUT2D eigenvalue weighted by atomic mass is 9.90. The standard InChI is InChI=1S/C21H20F4N2O3/c22-16-4-6-17(7-5-16)30-18-8-9-27(12-14(18)11-19(26)28)20(29)13-2-1-3-15(10-13)21(23,24)25/h1-7,10,14,18H,8-9,11-12H2,(H2,26,28)/t14-,18-/m0/s1. The molecule has 0 aliphatic carbocycles. The number of carbonyl (C=O) groups excluding carboxylic acids is 2. The maximum absolute atomic E-state index is 13.1. The molecule has 2 aromatic rings. The van der Waals surface area contributed by atoms with Crippen molar-refractivity contribution in [1.82, 2.24) is 4.90 Å². The predicted molar refractivity (Wildman–Crippen MR) is 100 cm³/mol. The maximum Gasteiger partial charge on any atom is 0.416 e. The van der Waals surface area contributed by atoms with Gasteiger partial charge in [0.25, 0.3) is 5.91 Å². The van der Waals surface area contributed by atoms with Gasteiger partial charge in [-0.2, -0.15) is 13.2 Å². The molecule has 1 aliphatic heterocycles. The summed E-state index contributed by atoms with van der Waals surface area (Å²) in [6, 6.07) is 9.61. The van der Waals surface area contributed by atoms with E-state index in [9.17, 15) is 27.2 Å². The van der Waals surface area contributed by atoms with E-state index in [-0.39, 0.29) is 25.1 Å². The van der Waals surface area contributed by atoms with Gasteiger partial charge in [-0.25, -0.2) is 4.39 Å². The highest BCUT2D eigenvalue weighted by atomic mass is 19.4. The molecule has 9 heteroatoms. The second-order valence-corrected chi connectivity index (χ2v) is 7.16. The van der Waals surface area contributed by atoms with E-state index in [2.05, 4.69) is 0 Å². The Morgan fingerprint density at radius 3 is 2.47 bits per heavy atom. The number of likely N-dealkylation sites (tertiary alicyclic amines) is 1. The lowest BCUT2D eigenvalue weighted by Crippen LogP contribution is -2.49. The molecule has 2 atom stereocenters. The molecule has 1 heterocycles. The number of alkyl halides is 3. The molecule has 2 aromatic carbocycles. The highest BCUT2D eigenvalue weighted by Crippen LogP contribution is 2.31. The molecular formula is C21H20F4N2O3. The highest BCUT2D eigenvalue weighted by Gasteiger charge is 2.35. The number of nitrogens with zero attached hydrogens (tertiary/aromatic N) is 1. The van der Waals surface area contributed by atoms with E-state index in [1.165, 1.54) is 41.3 Å². The van der Waals surface area contributed by atoms with Crippen LogP contribution in [-0.2, 0) is 11.0 Å². The minimum Gasteiger partial charge on any atom is -0.490 e. The smallest absolute Gasteiger partial charge is 0.416 e. The van der Waals surface area contributed by atoms with Gasteiger partial charge in [-0.3, -0.25) is 9.59 Å². The summed E-state index contributed by atoms with van der Waals surface area (Å²) in [7, 11) is 0. The van der Waals surface area contributed by atoms with Crippen molar-refractivity contribution in [2.45, 2.75) is 25.1 Å². The summed E-state index contributed by atoms with van der Waals surface area (Å²) in [4.78, 5) is 25.7. The molecule has 0 unspecified atom stereocenters. The minimum atomic E-state index is -4.55. The molecule has 1 saturated heterocycles. The van der Waals surface area contributed by atoms with E-state index in [0.717, 1.165) is 12.1 Å². The van der Waals surface area contributed by atoms with Crippen molar-refractivity contribution in [2.24, 2.45) is 11.7 Å². The topological polar surface area (TPSA) is 72.6 Å². The van der Waals surface area contributed by atoms with E-state index in [0.29, 0.717) is 12.2 Å². The molecule has 0 aromatic heterocycles. The first-order valence-electron chi connectivity index (χ1n) is 9.30. The summed E-state index contributed by atoms with van der Waals surface area (Å²) in [5.74, 6) is -1.60. The Bertz CT molecular complexity index is 915. The maximum atomic E-state index is 13.1. The van der Waals surface area contributed by atoms with Crippen molar-refractivity contribution in [3.05, 3.63) is 65.5 Å². The van der Waals surface area contributed by atoms with Crippen LogP contribution in [0.15, 0.2) is 48.5 Å². The van der Waals surface area contributed by atoms with Crippen LogP contribution in [0.1, 0.15) is 28.8 Å². The van der Waals surface area contributed by atoms with Gasteiger partial charge in [-0.1, -0.05) is 6.07 Å². The summed E-state index contributed by atoms with van der Waals surface area (Å²) in [5, 5.41) is 0. The largest absolute Gasteiger partial charge is 0.490 e. The Kier molecular flexibility index (Phi) is 6.28. The Labute approximate surface area is 170 Å². The third kappa shape index (κ3) is 5.28. The molecular weight excluding hydrogens is 404 g/mol. The summed E-state index contributed by atoms with van der Waals surface area (Å²) in [6.07, 6.45) is -4.72. The molecule has 1 fully saturated rings. The van der Waals surface area contributed by atoms with Gasteiger partial charge in [0.2, 0.25) is 5.91 Å². The van der Waals surface area contributed by atoms with Gasteiger partial charge in [-0.05, 0) is 42.5 Å². The van der Waals surface area contributed by atoms with E-state index in [4.69, 9.17) is 10.5 Å². The van der Waals surface area contributed by atoms with Crippen molar-refractivity contribution in [3.8, 4) is 5.75 Å². The van der Waals surface area contributed by atoms with Crippen LogP contribution < -0.4 is 10.5 Å². The van der Waals surface area contributed by atoms with Crippen LogP contribution in [0.3, 0.4) is 0 Å². The predicted octanol–water partition coefficient (Wildman–Crippen LogP) is 3.63. The molecule has 30 heavy (non-hydrogen) atoms. The third-order valence-electron chi connectivity index (χ3n) is 4.95. The van der Waals surface area contributed by atoms with Crippen molar-refractivity contribution >= 4 is 11.8 Å². The number of piperidine rings is 1. The van der Waals surface area contributed by atoms with E-state index < -0.39 is 41.4 Å². The van der Waals surface area contributed by atoms with Crippen LogP contribution in [0, 0.1) is 11.7 Å². The normalized spacial score (nSPS) is 19.4. The van der Waals surface area contributed by atoms with Crippen LogP contribution in [-0.4, -0.2) is 35.9 Å². The van der Waals surface area contributed by atoms with E-state index in [1.54, 1.807) is 0 Å². The summed E-state index contributed by atoms with van der Waals surface area (Å²) >= 11 is 0. The van der Waals surface area contributed by atoms with Gasteiger partial charge in [-0.15, -0.1) is 0 Å². The van der Waals surface area contributed by atoms with Crippen LogP contribution in [0.2, 0.25) is 0 Å². The van der Waals surface area contributed by atoms with Crippen LogP contribution in [0.25, 0.3) is 0 Å². The quantitative estimate of drug-likeness (QED) is 0.745. The number of amides is 2. The van der Waals surface area contributed by atoms with Crippen molar-refractivity contribution in [2.75, 3.05) is 13.1 Å². The lowest BCUT2D eigenvalue weighted by molar-refractivity contribution is -0.137. The lowest BCUT2D eigenvalue weighted by Gasteiger charge is -2.38. The summed E-state index contributed by atoms with van der Waals surface area (Å²) in [6.45, 7) is 0.333. The SMILES string of the molecule is NC(=O)C[C@H]1CN(C(=O)c2cccc(C(F)(F)F)c2)CC[C@@H]1Oc1ccc(F)cc1. The first-order valence-corrected chi connectivity index (χ1v) is 9.30. The number of hydrogen-bond acceptors (Lipinski definition) is 3. The van der Waals surface area contributed by atoms with Gasteiger partial charge in [0.1, 0.15) is 17.7 Å². The number of primary amides is 1. The first kappa shape index (κ1) is 21.6. The molecule has 3 rings (SSSR count). The van der Waals surface area contributed by atoms with Crippen LogP contribution >= 0.6 is 0 Å². The van der Waals surface area contributed by atoms with Crippen molar-refractivity contribution in [3.63, 3.8) is 0 Å². The summed E-state index contributed by atoms with van der Waals surface area (Å²) < 4.78 is 57.8. The summed E-state index contributed by atoms with van der Waals surface area (Å²) in [5.41, 5.74) is 4.34. The Balaban J connectivity index is 1.75. The van der Waals surface area contributed by atoms with Gasteiger partial charge >= 0.3 is 6.18 Å². The zero-order valence-electron chi connectivity index (χ0n) is 15.9. The Morgan fingerprint density at radius 2 is 1.83 bits per heavy atom. The third-order valence-corrected chi connectivity index (χ3v) is 4.95. The van der Waals surface area contributed by atoms with Crippen molar-refractivity contribution in [1.29, 1.82) is 0 Å². The number of carbonyl (C=O) groups is 2. The average Bonchev–Trinajstić information content (AvgIpc) is 2.69. The van der Waals surface area contributed by atoms with Gasteiger partial charge in [0.15, 0.2) is 0 Å². The average molecular weight is 424 g/mol. The molecule has 0 bridgehead atoms. The second kappa shape index (κ2) is 8.73. The number of rotatable bonds is 5. The van der Waals surface area contributed by atoms with Gasteiger partial charge in [0, 0.05) is 37.4 Å². The number of nitrogens with two attached hydrogens (primary N) is 1. The molecule has 0 saturated carbocycles. The van der Waals surface area contributed by atoms with Crippen molar-refractivity contribution < 1.29 is 31.9 Å². The van der Waals surface area contributed by atoms with Gasteiger partial charge < -0.3 is 15.4 Å². The Morgan fingerprint density at radius 1 is 1.13 bits per heavy atom. The highest BCUT2D eigenvalue weighted by molar-refractivity contribution is 5.94. The molecule has 2 N–H and O–H groups in total. The molecule has 160 valence electrons. The second-order valence-electron chi connectivity index (χ2n) is 7.16. The molecule has 0 spiro atoms. The van der Waals surface area contributed by atoms with E-state index in [1.807, 2.05) is 0 Å². The molecule has 5 nitrogen and oxygen atoms in total. The minimum absolute atomic E-state index is 0.0573. The zero-order chi connectivity index (χ0) is 21.9. The molecule has 0 radical (unpaired) electrons. The fraction of sp³-hybridized carbons (Fsp3) is 0.333.